The van der Waals surface area contributed by atoms with Crippen LogP contribution in [-0.4, -0.2) is 29.7 Å². The molecule has 0 saturated carbocycles. The van der Waals surface area contributed by atoms with Crippen molar-refractivity contribution < 1.29 is 28.9 Å². The number of hydrogen-bond donors (Lipinski definition) is 1. The van der Waals surface area contributed by atoms with E-state index < -0.39 is 17.7 Å². The summed E-state index contributed by atoms with van der Waals surface area (Å²) in [6.45, 7) is 10.3. The Morgan fingerprint density at radius 1 is 0.974 bits per heavy atom. The van der Waals surface area contributed by atoms with Crippen molar-refractivity contribution >= 4 is 23.1 Å². The highest BCUT2D eigenvalue weighted by atomic mass is 16.7. The van der Waals surface area contributed by atoms with E-state index in [1.165, 1.54) is 4.90 Å². The first-order valence-electron chi connectivity index (χ1n) is 12.6. The van der Waals surface area contributed by atoms with Gasteiger partial charge in [0.25, 0.3) is 11.7 Å². The van der Waals surface area contributed by atoms with Gasteiger partial charge in [-0.05, 0) is 54.7 Å². The number of rotatable bonds is 5. The topological polar surface area (TPSA) is 85.3 Å². The largest absolute Gasteiger partial charge is 0.507 e. The molecule has 3 aromatic carbocycles. The summed E-state index contributed by atoms with van der Waals surface area (Å²) in [5.74, 6) is -0.140. The van der Waals surface area contributed by atoms with Gasteiger partial charge in [-0.1, -0.05) is 57.2 Å². The summed E-state index contributed by atoms with van der Waals surface area (Å²) in [6, 6.07) is 18.9. The van der Waals surface area contributed by atoms with Crippen molar-refractivity contribution in [2.75, 3.05) is 11.7 Å². The normalized spacial score (nSPS) is 18.4. The predicted octanol–water partition coefficient (Wildman–Crippen LogP) is 6.13. The van der Waals surface area contributed by atoms with E-state index in [1.54, 1.807) is 42.5 Å². The maximum Gasteiger partial charge on any atom is 0.300 e. The molecule has 2 aliphatic heterocycles. The molecule has 0 radical (unpaired) electrons. The zero-order valence-corrected chi connectivity index (χ0v) is 22.1. The molecule has 38 heavy (non-hydrogen) atoms. The first kappa shape index (κ1) is 25.4. The number of amides is 1. The lowest BCUT2D eigenvalue weighted by atomic mass is 9.85. The van der Waals surface area contributed by atoms with Crippen LogP contribution in [0.15, 0.2) is 72.3 Å². The summed E-state index contributed by atoms with van der Waals surface area (Å²) < 4.78 is 16.7. The van der Waals surface area contributed by atoms with Crippen LogP contribution in [0.2, 0.25) is 0 Å². The standard InChI is InChI=1S/C31H31NO6/c1-18(2)38-23-8-6-7-20(15-23)28(33)26-27(19-9-11-21(12-10-19)31(3,4)5)32(30(35)29(26)34)22-13-14-24-25(16-22)37-17-36-24/h6-16,18,27,33H,17H2,1-5H3/b28-26+. The molecule has 2 aliphatic rings. The van der Waals surface area contributed by atoms with Gasteiger partial charge >= 0.3 is 0 Å². The van der Waals surface area contributed by atoms with Crippen LogP contribution in [0.25, 0.3) is 5.76 Å². The summed E-state index contributed by atoms with van der Waals surface area (Å²) >= 11 is 0. The van der Waals surface area contributed by atoms with Crippen molar-refractivity contribution in [3.63, 3.8) is 0 Å². The van der Waals surface area contributed by atoms with Crippen molar-refractivity contribution in [1.82, 2.24) is 0 Å². The van der Waals surface area contributed by atoms with E-state index in [4.69, 9.17) is 14.2 Å². The monoisotopic (exact) mass is 513 g/mol. The van der Waals surface area contributed by atoms with Gasteiger partial charge in [0, 0.05) is 17.3 Å². The Hall–Kier alpha value is -4.26. The highest BCUT2D eigenvalue weighted by Gasteiger charge is 2.47. The lowest BCUT2D eigenvalue weighted by molar-refractivity contribution is -0.132. The van der Waals surface area contributed by atoms with Crippen LogP contribution in [0, 0.1) is 0 Å². The number of hydrogen-bond acceptors (Lipinski definition) is 6. The molecule has 0 spiro atoms. The molecule has 5 rings (SSSR count). The molecule has 196 valence electrons. The van der Waals surface area contributed by atoms with Gasteiger partial charge in [0.15, 0.2) is 11.5 Å². The Morgan fingerprint density at radius 2 is 1.68 bits per heavy atom. The maximum atomic E-state index is 13.5. The number of benzene rings is 3. The van der Waals surface area contributed by atoms with Gasteiger partial charge in [-0.3, -0.25) is 14.5 Å². The van der Waals surface area contributed by atoms with Gasteiger partial charge in [0.1, 0.15) is 11.5 Å². The van der Waals surface area contributed by atoms with E-state index in [-0.39, 0.29) is 29.6 Å². The Kier molecular flexibility index (Phi) is 6.39. The average molecular weight is 514 g/mol. The van der Waals surface area contributed by atoms with Crippen LogP contribution < -0.4 is 19.1 Å². The second-order valence-electron chi connectivity index (χ2n) is 10.8. The highest BCUT2D eigenvalue weighted by molar-refractivity contribution is 6.51. The first-order valence-corrected chi connectivity index (χ1v) is 12.6. The molecule has 1 N–H and O–H groups in total. The van der Waals surface area contributed by atoms with E-state index in [0.29, 0.717) is 34.1 Å². The van der Waals surface area contributed by atoms with Crippen LogP contribution in [0.3, 0.4) is 0 Å². The van der Waals surface area contributed by atoms with E-state index >= 15 is 0 Å². The van der Waals surface area contributed by atoms with Crippen LogP contribution >= 0.6 is 0 Å². The summed E-state index contributed by atoms with van der Waals surface area (Å²) in [7, 11) is 0. The van der Waals surface area contributed by atoms with Gasteiger partial charge < -0.3 is 19.3 Å². The molecule has 1 fully saturated rings. The third-order valence-corrected chi connectivity index (χ3v) is 6.65. The minimum absolute atomic E-state index is 0.0119. The van der Waals surface area contributed by atoms with Crippen molar-refractivity contribution in [1.29, 1.82) is 0 Å². The molecular weight excluding hydrogens is 482 g/mol. The molecule has 1 saturated heterocycles. The quantitative estimate of drug-likeness (QED) is 0.251. The molecule has 7 nitrogen and oxygen atoms in total. The summed E-state index contributed by atoms with van der Waals surface area (Å²) in [4.78, 5) is 28.4. The van der Waals surface area contributed by atoms with Crippen LogP contribution in [0.4, 0.5) is 5.69 Å². The Bertz CT molecular complexity index is 1430. The van der Waals surface area contributed by atoms with Crippen molar-refractivity contribution in [2.45, 2.75) is 52.2 Å². The second-order valence-corrected chi connectivity index (χ2v) is 10.8. The molecule has 1 atom stereocenters. The van der Waals surface area contributed by atoms with E-state index in [1.807, 2.05) is 38.1 Å². The summed E-state index contributed by atoms with van der Waals surface area (Å²) in [5, 5.41) is 11.5. The van der Waals surface area contributed by atoms with Gasteiger partial charge in [-0.2, -0.15) is 0 Å². The van der Waals surface area contributed by atoms with Gasteiger partial charge in [0.05, 0.1) is 17.7 Å². The summed E-state index contributed by atoms with van der Waals surface area (Å²) in [5.41, 5.74) is 2.61. The van der Waals surface area contributed by atoms with Gasteiger partial charge in [-0.25, -0.2) is 0 Å². The zero-order chi connectivity index (χ0) is 27.2. The average Bonchev–Trinajstić information content (AvgIpc) is 3.45. The van der Waals surface area contributed by atoms with E-state index in [2.05, 4.69) is 20.8 Å². The number of ketones is 1. The zero-order valence-electron chi connectivity index (χ0n) is 22.1. The fourth-order valence-corrected chi connectivity index (χ4v) is 4.76. The van der Waals surface area contributed by atoms with E-state index in [0.717, 1.165) is 5.56 Å². The van der Waals surface area contributed by atoms with Crippen molar-refractivity contribution in [3.8, 4) is 17.2 Å². The fourth-order valence-electron chi connectivity index (χ4n) is 4.76. The third kappa shape index (κ3) is 4.60. The van der Waals surface area contributed by atoms with Crippen LogP contribution in [-0.2, 0) is 15.0 Å². The number of fused-ring (bicyclic) bond motifs is 1. The maximum absolute atomic E-state index is 13.5. The molecule has 0 aliphatic carbocycles. The summed E-state index contributed by atoms with van der Waals surface area (Å²) in [6.07, 6.45) is -0.0645. The third-order valence-electron chi connectivity index (χ3n) is 6.65. The smallest absolute Gasteiger partial charge is 0.300 e. The number of Topliss-reactive ketones (excluding diaryl/α,β-unsaturated/α-hetero) is 1. The first-order chi connectivity index (χ1) is 18.0. The Morgan fingerprint density at radius 3 is 2.37 bits per heavy atom. The van der Waals surface area contributed by atoms with Crippen molar-refractivity contribution in [3.05, 3.63) is 89.0 Å². The molecule has 0 aromatic heterocycles. The van der Waals surface area contributed by atoms with Gasteiger partial charge in [0.2, 0.25) is 6.79 Å². The van der Waals surface area contributed by atoms with Gasteiger partial charge in [-0.15, -0.1) is 0 Å². The predicted molar refractivity (Wildman–Crippen MR) is 145 cm³/mol. The Balaban J connectivity index is 1.67. The molecule has 2 heterocycles. The molecule has 1 unspecified atom stereocenters. The SMILES string of the molecule is CC(C)Oc1cccc(/C(O)=C2\C(=O)C(=O)N(c3ccc4c(c3)OCO4)C2c2ccc(C(C)(C)C)cc2)c1. The van der Waals surface area contributed by atoms with Crippen molar-refractivity contribution in [2.24, 2.45) is 0 Å². The lowest BCUT2D eigenvalue weighted by Crippen LogP contribution is -2.29. The van der Waals surface area contributed by atoms with Crippen LogP contribution in [0.1, 0.15) is 57.4 Å². The lowest BCUT2D eigenvalue weighted by Gasteiger charge is -2.26. The number of aliphatic hydroxyl groups excluding tert-OH is 1. The molecular formula is C31H31NO6. The minimum Gasteiger partial charge on any atom is -0.507 e. The molecule has 0 bridgehead atoms. The van der Waals surface area contributed by atoms with E-state index in [9.17, 15) is 14.7 Å². The minimum atomic E-state index is -0.848. The number of aliphatic hydroxyl groups is 1. The second kappa shape index (κ2) is 9.56. The number of carbonyl (C=O) groups is 2. The molecule has 3 aromatic rings. The number of anilines is 1. The Labute approximate surface area is 222 Å². The number of carbonyl (C=O) groups excluding carboxylic acids is 2. The molecule has 1 amide bonds. The fraction of sp³-hybridized carbons (Fsp3) is 0.290. The number of nitrogens with zero attached hydrogens (tertiary/aromatic N) is 1. The van der Waals surface area contributed by atoms with Crippen LogP contribution in [0.5, 0.6) is 17.2 Å². The highest BCUT2D eigenvalue weighted by Crippen LogP contribution is 2.45. The number of ether oxygens (including phenoxy) is 3. The molecule has 7 heteroatoms.